The molecule has 1 aromatic carbocycles. The summed E-state index contributed by atoms with van der Waals surface area (Å²) in [6, 6.07) is 7.26. The topological polar surface area (TPSA) is 80.6 Å². The van der Waals surface area contributed by atoms with E-state index < -0.39 is 5.91 Å². The largest absolute Gasteiger partial charge is 0.493 e. The highest BCUT2D eigenvalue weighted by molar-refractivity contribution is 6.01. The van der Waals surface area contributed by atoms with Gasteiger partial charge in [-0.05, 0) is 43.0 Å². The van der Waals surface area contributed by atoms with Crippen molar-refractivity contribution >= 4 is 12.0 Å². The minimum Gasteiger partial charge on any atom is -0.493 e. The number of nitriles is 1. The molecule has 1 heterocycles. The number of ether oxygens (including phenoxy) is 3. The van der Waals surface area contributed by atoms with Crippen LogP contribution < -0.4 is 14.8 Å². The molecule has 6 nitrogen and oxygen atoms in total. The molecule has 0 bridgehead atoms. The number of benzene rings is 1. The lowest BCUT2D eigenvalue weighted by molar-refractivity contribution is -0.117. The third-order valence-corrected chi connectivity index (χ3v) is 3.84. The van der Waals surface area contributed by atoms with Crippen molar-refractivity contribution in [2.75, 3.05) is 26.9 Å². The Morgan fingerprint density at radius 1 is 1.48 bits per heavy atom. The van der Waals surface area contributed by atoms with Crippen molar-refractivity contribution in [1.82, 2.24) is 5.32 Å². The molecule has 1 aliphatic rings. The summed E-state index contributed by atoms with van der Waals surface area (Å²) in [5.74, 6) is 0.811. The number of amides is 1. The molecule has 1 fully saturated rings. The molecule has 0 saturated carbocycles. The molecule has 0 radical (unpaired) electrons. The number of hydrogen-bond donors (Lipinski definition) is 1. The van der Waals surface area contributed by atoms with E-state index >= 15 is 0 Å². The molecule has 2 rings (SSSR count). The Kier molecular flexibility index (Phi) is 7.30. The molecule has 0 aromatic heterocycles. The zero-order valence-electron chi connectivity index (χ0n) is 14.7. The third-order valence-electron chi connectivity index (χ3n) is 3.84. The highest BCUT2D eigenvalue weighted by Crippen LogP contribution is 2.29. The molecule has 134 valence electrons. The zero-order valence-corrected chi connectivity index (χ0v) is 14.7. The van der Waals surface area contributed by atoms with Gasteiger partial charge >= 0.3 is 0 Å². The highest BCUT2D eigenvalue weighted by atomic mass is 16.5. The molecule has 1 N–H and O–H groups in total. The molecular weight excluding hydrogens is 320 g/mol. The summed E-state index contributed by atoms with van der Waals surface area (Å²) < 4.78 is 16.4. The van der Waals surface area contributed by atoms with Crippen LogP contribution in [0.2, 0.25) is 0 Å². The van der Waals surface area contributed by atoms with Crippen LogP contribution in [0.5, 0.6) is 11.5 Å². The van der Waals surface area contributed by atoms with Crippen molar-refractivity contribution in [3.05, 3.63) is 29.3 Å². The van der Waals surface area contributed by atoms with Gasteiger partial charge in [-0.25, -0.2) is 0 Å². The van der Waals surface area contributed by atoms with Crippen LogP contribution in [0.1, 0.15) is 31.7 Å². The van der Waals surface area contributed by atoms with Gasteiger partial charge in [-0.1, -0.05) is 13.0 Å². The Labute approximate surface area is 148 Å². The number of carbonyl (C=O) groups excluding carboxylic acids is 1. The zero-order chi connectivity index (χ0) is 18.1. The first kappa shape index (κ1) is 18.8. The number of nitrogens with one attached hydrogen (secondary N) is 1. The standard InChI is InChI=1S/C19H24N2O4/c1-3-8-25-17-7-6-14(11-18(17)23-2)10-15(12-20)19(22)21-13-16-5-4-9-24-16/h6-7,10-11,16H,3-5,8-9,13H2,1-2H3,(H,21,22)/b15-10+/t16-/m0/s1. The van der Waals surface area contributed by atoms with Crippen LogP contribution in [0.4, 0.5) is 0 Å². The van der Waals surface area contributed by atoms with Gasteiger partial charge in [0, 0.05) is 13.2 Å². The molecule has 0 aliphatic carbocycles. The Morgan fingerprint density at radius 3 is 2.96 bits per heavy atom. The fraction of sp³-hybridized carbons (Fsp3) is 0.474. The number of methoxy groups -OCH3 is 1. The van der Waals surface area contributed by atoms with Crippen molar-refractivity contribution in [2.45, 2.75) is 32.3 Å². The van der Waals surface area contributed by atoms with Crippen LogP contribution in [-0.2, 0) is 9.53 Å². The van der Waals surface area contributed by atoms with Crippen LogP contribution in [0.25, 0.3) is 6.08 Å². The average Bonchev–Trinajstić information content (AvgIpc) is 3.16. The third kappa shape index (κ3) is 5.50. The van der Waals surface area contributed by atoms with Gasteiger partial charge in [-0.2, -0.15) is 5.26 Å². The summed E-state index contributed by atoms with van der Waals surface area (Å²) in [6.45, 7) is 3.78. The predicted molar refractivity (Wildman–Crippen MR) is 94.4 cm³/mol. The first-order valence-electron chi connectivity index (χ1n) is 8.50. The molecule has 1 aliphatic heterocycles. The maximum absolute atomic E-state index is 12.2. The van der Waals surface area contributed by atoms with E-state index in [-0.39, 0.29) is 11.7 Å². The van der Waals surface area contributed by atoms with Crippen molar-refractivity contribution in [2.24, 2.45) is 0 Å². The first-order valence-corrected chi connectivity index (χ1v) is 8.50. The van der Waals surface area contributed by atoms with Crippen molar-refractivity contribution < 1.29 is 19.0 Å². The molecule has 1 amide bonds. The van der Waals surface area contributed by atoms with E-state index in [0.717, 1.165) is 25.9 Å². The molecule has 1 saturated heterocycles. The maximum atomic E-state index is 12.2. The number of hydrogen-bond acceptors (Lipinski definition) is 5. The summed E-state index contributed by atoms with van der Waals surface area (Å²) in [5.41, 5.74) is 0.742. The molecule has 25 heavy (non-hydrogen) atoms. The monoisotopic (exact) mass is 344 g/mol. The smallest absolute Gasteiger partial charge is 0.262 e. The van der Waals surface area contributed by atoms with Crippen LogP contribution >= 0.6 is 0 Å². The first-order chi connectivity index (χ1) is 12.2. The summed E-state index contributed by atoms with van der Waals surface area (Å²) in [6.07, 6.45) is 4.42. The number of carbonyl (C=O) groups is 1. The van der Waals surface area contributed by atoms with E-state index in [1.165, 1.54) is 6.08 Å². The Morgan fingerprint density at radius 2 is 2.32 bits per heavy atom. The van der Waals surface area contributed by atoms with Gasteiger partial charge in [0.15, 0.2) is 11.5 Å². The Bertz CT molecular complexity index is 658. The summed E-state index contributed by atoms with van der Waals surface area (Å²) in [5, 5.41) is 12.0. The highest BCUT2D eigenvalue weighted by Gasteiger charge is 2.17. The van der Waals surface area contributed by atoms with Gasteiger partial charge in [0.05, 0.1) is 19.8 Å². The lowest BCUT2D eigenvalue weighted by Gasteiger charge is -2.11. The van der Waals surface area contributed by atoms with Gasteiger partial charge in [0.25, 0.3) is 5.91 Å². The van der Waals surface area contributed by atoms with Gasteiger partial charge in [0.1, 0.15) is 11.6 Å². The fourth-order valence-corrected chi connectivity index (χ4v) is 2.53. The van der Waals surface area contributed by atoms with Crippen LogP contribution in [0.15, 0.2) is 23.8 Å². The van der Waals surface area contributed by atoms with E-state index in [9.17, 15) is 10.1 Å². The minimum absolute atomic E-state index is 0.0407. The van der Waals surface area contributed by atoms with E-state index in [4.69, 9.17) is 14.2 Å². The molecule has 1 atom stereocenters. The summed E-state index contributed by atoms with van der Waals surface area (Å²) >= 11 is 0. The van der Waals surface area contributed by atoms with Gasteiger partial charge in [-0.3, -0.25) is 4.79 Å². The Balaban J connectivity index is 2.06. The lowest BCUT2D eigenvalue weighted by Crippen LogP contribution is -2.32. The van der Waals surface area contributed by atoms with Gasteiger partial charge in [-0.15, -0.1) is 0 Å². The van der Waals surface area contributed by atoms with Gasteiger partial charge < -0.3 is 19.5 Å². The maximum Gasteiger partial charge on any atom is 0.262 e. The van der Waals surface area contributed by atoms with E-state index in [1.54, 1.807) is 25.3 Å². The molecule has 1 aromatic rings. The van der Waals surface area contributed by atoms with Crippen LogP contribution in [0, 0.1) is 11.3 Å². The molecular formula is C19H24N2O4. The normalized spacial score (nSPS) is 17.0. The SMILES string of the molecule is CCCOc1ccc(/C=C(\C#N)C(=O)NC[C@@H]2CCCO2)cc1OC. The second-order valence-corrected chi connectivity index (χ2v) is 5.77. The summed E-state index contributed by atoms with van der Waals surface area (Å²) in [7, 11) is 1.56. The van der Waals surface area contributed by atoms with Crippen LogP contribution in [0.3, 0.4) is 0 Å². The average molecular weight is 344 g/mol. The van der Waals surface area contributed by atoms with Crippen LogP contribution in [-0.4, -0.2) is 38.9 Å². The second-order valence-electron chi connectivity index (χ2n) is 5.77. The number of rotatable bonds is 8. The van der Waals surface area contributed by atoms with Crippen molar-refractivity contribution in [3.63, 3.8) is 0 Å². The second kappa shape index (κ2) is 9.70. The van der Waals surface area contributed by atoms with Crippen molar-refractivity contribution in [3.8, 4) is 17.6 Å². The van der Waals surface area contributed by atoms with E-state index in [2.05, 4.69) is 5.32 Å². The Hall–Kier alpha value is -2.52. The van der Waals surface area contributed by atoms with Gasteiger partial charge in [0.2, 0.25) is 0 Å². The molecule has 0 unspecified atom stereocenters. The minimum atomic E-state index is -0.400. The van der Waals surface area contributed by atoms with E-state index in [0.29, 0.717) is 30.2 Å². The lowest BCUT2D eigenvalue weighted by atomic mass is 10.1. The number of nitrogens with zero attached hydrogens (tertiary/aromatic N) is 1. The van der Waals surface area contributed by atoms with E-state index in [1.807, 2.05) is 13.0 Å². The predicted octanol–water partition coefficient (Wildman–Crippen LogP) is 2.69. The molecule has 6 heteroatoms. The quantitative estimate of drug-likeness (QED) is 0.579. The molecule has 0 spiro atoms. The summed E-state index contributed by atoms with van der Waals surface area (Å²) in [4.78, 5) is 12.2. The fourth-order valence-electron chi connectivity index (χ4n) is 2.53. The van der Waals surface area contributed by atoms with Crippen molar-refractivity contribution in [1.29, 1.82) is 5.26 Å².